The molecule has 0 bridgehead atoms. The number of benzene rings is 2. The van der Waals surface area contributed by atoms with E-state index < -0.39 is 12.0 Å². The molecule has 2 aromatic carbocycles. The number of para-hydroxylation sites is 2. The molecule has 158 valence electrons. The van der Waals surface area contributed by atoms with E-state index in [4.69, 9.17) is 25.8 Å². The molecule has 3 rings (SSSR count). The van der Waals surface area contributed by atoms with E-state index >= 15 is 0 Å². The standard InChI is InChI=1S/C22H23ClN2O5/c1-4-29-21(26)19-16(13-30-18-12-8-7-11-17(18)28-3)25(2)22(27)24-20(19)14-9-5-6-10-15(14)23/h5-12,20H,4,13H2,1-3H3,(H,24,27)/t20-/m0/s1. The number of esters is 1. The molecule has 0 aromatic heterocycles. The van der Waals surface area contributed by atoms with E-state index in [0.717, 1.165) is 0 Å². The maximum Gasteiger partial charge on any atom is 0.338 e. The van der Waals surface area contributed by atoms with E-state index in [2.05, 4.69) is 5.32 Å². The average Bonchev–Trinajstić information content (AvgIpc) is 2.75. The van der Waals surface area contributed by atoms with Gasteiger partial charge in [-0.05, 0) is 30.7 Å². The fraction of sp³-hybridized carbons (Fsp3) is 0.273. The van der Waals surface area contributed by atoms with Gasteiger partial charge in [0, 0.05) is 12.1 Å². The van der Waals surface area contributed by atoms with Gasteiger partial charge < -0.3 is 19.5 Å². The van der Waals surface area contributed by atoms with Crippen LogP contribution in [0.15, 0.2) is 59.8 Å². The topological polar surface area (TPSA) is 77.1 Å². The molecule has 8 heteroatoms. The lowest BCUT2D eigenvalue weighted by Crippen LogP contribution is -2.48. The molecule has 1 N–H and O–H groups in total. The van der Waals surface area contributed by atoms with Crippen molar-refractivity contribution >= 4 is 23.6 Å². The summed E-state index contributed by atoms with van der Waals surface area (Å²) in [5.41, 5.74) is 1.24. The molecule has 7 nitrogen and oxygen atoms in total. The summed E-state index contributed by atoms with van der Waals surface area (Å²) in [6.07, 6.45) is 0. The first-order chi connectivity index (χ1) is 14.5. The lowest BCUT2D eigenvalue weighted by Gasteiger charge is -2.34. The van der Waals surface area contributed by atoms with Crippen LogP contribution in [0.25, 0.3) is 0 Å². The summed E-state index contributed by atoms with van der Waals surface area (Å²) in [5, 5.41) is 3.26. The Balaban J connectivity index is 2.06. The van der Waals surface area contributed by atoms with Crippen LogP contribution in [-0.2, 0) is 9.53 Å². The summed E-state index contributed by atoms with van der Waals surface area (Å²) in [7, 11) is 3.11. The highest BCUT2D eigenvalue weighted by Crippen LogP contribution is 2.35. The van der Waals surface area contributed by atoms with E-state index in [9.17, 15) is 9.59 Å². The van der Waals surface area contributed by atoms with Crippen LogP contribution < -0.4 is 14.8 Å². The van der Waals surface area contributed by atoms with Crippen molar-refractivity contribution in [1.29, 1.82) is 0 Å². The van der Waals surface area contributed by atoms with Crippen molar-refractivity contribution in [3.63, 3.8) is 0 Å². The number of methoxy groups -OCH3 is 1. The number of nitrogens with zero attached hydrogens (tertiary/aromatic N) is 1. The lowest BCUT2D eigenvalue weighted by molar-refractivity contribution is -0.139. The van der Waals surface area contributed by atoms with Crippen LogP contribution in [0.5, 0.6) is 11.5 Å². The molecular weight excluding hydrogens is 408 g/mol. The van der Waals surface area contributed by atoms with Gasteiger partial charge in [0.05, 0.1) is 31.0 Å². The molecule has 30 heavy (non-hydrogen) atoms. The molecule has 0 fully saturated rings. The molecule has 0 saturated carbocycles. The first-order valence-electron chi connectivity index (χ1n) is 9.42. The van der Waals surface area contributed by atoms with Gasteiger partial charge in [-0.25, -0.2) is 9.59 Å². The molecular formula is C22H23ClN2O5. The Hall–Kier alpha value is -3.19. The van der Waals surface area contributed by atoms with Crippen LogP contribution in [0.3, 0.4) is 0 Å². The molecule has 1 atom stereocenters. The van der Waals surface area contributed by atoms with Crippen LogP contribution >= 0.6 is 11.6 Å². The molecule has 0 radical (unpaired) electrons. The number of ether oxygens (including phenoxy) is 3. The van der Waals surface area contributed by atoms with Gasteiger partial charge in [0.15, 0.2) is 11.5 Å². The van der Waals surface area contributed by atoms with Gasteiger partial charge in [0.1, 0.15) is 6.61 Å². The molecule has 0 saturated heterocycles. The van der Waals surface area contributed by atoms with Crippen molar-refractivity contribution in [2.45, 2.75) is 13.0 Å². The Morgan fingerprint density at radius 1 is 1.13 bits per heavy atom. The first-order valence-corrected chi connectivity index (χ1v) is 9.80. The Labute approximate surface area is 180 Å². The Kier molecular flexibility index (Phi) is 6.84. The van der Waals surface area contributed by atoms with Crippen molar-refractivity contribution in [1.82, 2.24) is 10.2 Å². The zero-order valence-electron chi connectivity index (χ0n) is 17.0. The van der Waals surface area contributed by atoms with Gasteiger partial charge in [-0.15, -0.1) is 0 Å². The SMILES string of the molecule is CCOC(=O)C1=C(COc2ccccc2OC)N(C)C(=O)N[C@H]1c1ccccc1Cl. The Morgan fingerprint density at radius 2 is 1.80 bits per heavy atom. The predicted molar refractivity (Wildman–Crippen MR) is 113 cm³/mol. The molecule has 1 aliphatic rings. The molecule has 0 aliphatic carbocycles. The number of nitrogens with one attached hydrogen (secondary N) is 1. The van der Waals surface area contributed by atoms with Crippen molar-refractivity contribution in [3.8, 4) is 11.5 Å². The quantitative estimate of drug-likeness (QED) is 0.673. The summed E-state index contributed by atoms with van der Waals surface area (Å²) >= 11 is 6.36. The third-order valence-electron chi connectivity index (χ3n) is 4.72. The third kappa shape index (κ3) is 4.36. The normalized spacial score (nSPS) is 16.2. The monoisotopic (exact) mass is 430 g/mol. The number of hydrogen-bond acceptors (Lipinski definition) is 5. The number of rotatable bonds is 7. The fourth-order valence-electron chi connectivity index (χ4n) is 3.21. The van der Waals surface area contributed by atoms with Crippen molar-refractivity contribution in [2.24, 2.45) is 0 Å². The van der Waals surface area contributed by atoms with Crippen LogP contribution in [0.4, 0.5) is 4.79 Å². The van der Waals surface area contributed by atoms with Gasteiger partial charge in [0.2, 0.25) is 0 Å². The summed E-state index contributed by atoms with van der Waals surface area (Å²) < 4.78 is 16.5. The molecule has 2 aromatic rings. The second kappa shape index (κ2) is 9.54. The van der Waals surface area contributed by atoms with Crippen LogP contribution in [0.1, 0.15) is 18.5 Å². The zero-order chi connectivity index (χ0) is 21.7. The zero-order valence-corrected chi connectivity index (χ0v) is 17.7. The van der Waals surface area contributed by atoms with Crippen LogP contribution in [-0.4, -0.2) is 44.3 Å². The minimum Gasteiger partial charge on any atom is -0.493 e. The van der Waals surface area contributed by atoms with Gasteiger partial charge in [-0.3, -0.25) is 4.90 Å². The van der Waals surface area contributed by atoms with Gasteiger partial charge in [0.25, 0.3) is 0 Å². The summed E-state index contributed by atoms with van der Waals surface area (Å²) in [6.45, 7) is 1.87. The van der Waals surface area contributed by atoms with E-state index in [-0.39, 0.29) is 24.8 Å². The van der Waals surface area contributed by atoms with E-state index in [1.807, 2.05) is 12.1 Å². The number of amides is 2. The number of halogens is 1. The number of carbonyl (C=O) groups is 2. The van der Waals surface area contributed by atoms with Crippen molar-refractivity contribution in [2.75, 3.05) is 27.4 Å². The predicted octanol–water partition coefficient (Wildman–Crippen LogP) is 3.94. The second-order valence-electron chi connectivity index (χ2n) is 6.48. The van der Waals surface area contributed by atoms with Gasteiger partial charge in [-0.1, -0.05) is 41.9 Å². The largest absolute Gasteiger partial charge is 0.493 e. The lowest BCUT2D eigenvalue weighted by atomic mass is 9.94. The summed E-state index contributed by atoms with van der Waals surface area (Å²) in [5.74, 6) is 0.485. The van der Waals surface area contributed by atoms with E-state index in [1.54, 1.807) is 57.5 Å². The Bertz CT molecular complexity index is 976. The third-order valence-corrected chi connectivity index (χ3v) is 5.07. The fourth-order valence-corrected chi connectivity index (χ4v) is 3.45. The Morgan fingerprint density at radius 3 is 2.47 bits per heavy atom. The highest BCUT2D eigenvalue weighted by Gasteiger charge is 2.37. The minimum atomic E-state index is -0.766. The van der Waals surface area contributed by atoms with Crippen LogP contribution in [0, 0.1) is 0 Å². The molecule has 1 heterocycles. The first kappa shape index (κ1) is 21.5. The number of carbonyl (C=O) groups excluding carboxylic acids is 2. The molecule has 1 aliphatic heterocycles. The molecule has 0 unspecified atom stereocenters. The molecule has 2 amide bonds. The minimum absolute atomic E-state index is 0.0423. The van der Waals surface area contributed by atoms with Crippen molar-refractivity contribution in [3.05, 3.63) is 70.4 Å². The highest BCUT2D eigenvalue weighted by molar-refractivity contribution is 6.31. The van der Waals surface area contributed by atoms with E-state index in [0.29, 0.717) is 27.8 Å². The van der Waals surface area contributed by atoms with Gasteiger partial charge >= 0.3 is 12.0 Å². The van der Waals surface area contributed by atoms with E-state index in [1.165, 1.54) is 4.90 Å². The summed E-state index contributed by atoms with van der Waals surface area (Å²) in [4.78, 5) is 26.9. The van der Waals surface area contributed by atoms with Crippen molar-refractivity contribution < 1.29 is 23.8 Å². The maximum absolute atomic E-state index is 12.9. The maximum atomic E-state index is 12.9. The second-order valence-corrected chi connectivity index (χ2v) is 6.89. The number of likely N-dealkylation sites (N-methyl/N-ethyl adjacent to an activating group) is 1. The highest BCUT2D eigenvalue weighted by atomic mass is 35.5. The number of urea groups is 1. The summed E-state index contributed by atoms with van der Waals surface area (Å²) in [6, 6.07) is 13.0. The average molecular weight is 431 g/mol. The van der Waals surface area contributed by atoms with Gasteiger partial charge in [-0.2, -0.15) is 0 Å². The van der Waals surface area contributed by atoms with Crippen LogP contribution in [0.2, 0.25) is 5.02 Å². The number of hydrogen-bond donors (Lipinski definition) is 1. The smallest absolute Gasteiger partial charge is 0.338 e. The molecule has 0 spiro atoms.